The first kappa shape index (κ1) is 14.8. The summed E-state index contributed by atoms with van der Waals surface area (Å²) in [6.45, 7) is 3.64. The number of rotatable bonds is 3. The molecular weight excluding hydrogens is 313 g/mol. The Kier molecular flexibility index (Phi) is 3.87. The summed E-state index contributed by atoms with van der Waals surface area (Å²) in [6.07, 6.45) is 0.430. The lowest BCUT2D eigenvalue weighted by atomic mass is 10.0. The number of likely N-dealkylation sites (tertiary alicyclic amines) is 1. The Morgan fingerprint density at radius 1 is 1.30 bits per heavy atom. The molecule has 2 saturated heterocycles. The lowest BCUT2D eigenvalue weighted by Crippen LogP contribution is -2.32. The number of carbonyl (C=O) groups is 1. The van der Waals surface area contributed by atoms with Crippen LogP contribution >= 0.6 is 11.3 Å². The number of halogens is 1. The predicted octanol–water partition coefficient (Wildman–Crippen LogP) is 2.16. The maximum atomic E-state index is 13.7. The number of benzene rings is 1. The largest absolute Gasteiger partial charge is 0.337 e. The zero-order chi connectivity index (χ0) is 15.8. The van der Waals surface area contributed by atoms with Crippen molar-refractivity contribution in [2.24, 2.45) is 11.8 Å². The second kappa shape index (κ2) is 6.02. The van der Waals surface area contributed by atoms with Gasteiger partial charge in [-0.25, -0.2) is 9.37 Å². The van der Waals surface area contributed by atoms with Crippen LogP contribution in [0.1, 0.15) is 21.1 Å². The molecule has 0 unspecified atom stereocenters. The Morgan fingerprint density at radius 2 is 2.04 bits per heavy atom. The van der Waals surface area contributed by atoms with Gasteiger partial charge >= 0.3 is 0 Å². The molecule has 0 radical (unpaired) electrons. The van der Waals surface area contributed by atoms with Gasteiger partial charge in [-0.1, -0.05) is 18.2 Å². The summed E-state index contributed by atoms with van der Waals surface area (Å²) in [4.78, 5) is 18.9. The van der Waals surface area contributed by atoms with Crippen molar-refractivity contribution in [3.8, 4) is 0 Å². The fourth-order valence-electron chi connectivity index (χ4n) is 3.48. The van der Waals surface area contributed by atoms with E-state index in [0.29, 0.717) is 29.5 Å². The van der Waals surface area contributed by atoms with Crippen molar-refractivity contribution in [1.29, 1.82) is 0 Å². The van der Waals surface area contributed by atoms with Gasteiger partial charge in [-0.2, -0.15) is 0 Å². The zero-order valence-corrected chi connectivity index (χ0v) is 13.5. The molecule has 1 N–H and O–H groups in total. The highest BCUT2D eigenvalue weighted by Gasteiger charge is 2.38. The molecule has 2 fully saturated rings. The average Bonchev–Trinajstić information content (AvgIpc) is 3.24. The summed E-state index contributed by atoms with van der Waals surface area (Å²) in [7, 11) is 0. The maximum Gasteiger partial charge on any atom is 0.273 e. The molecular formula is C17H18FN3OS. The fraction of sp³-hybridized carbons (Fsp3) is 0.412. The van der Waals surface area contributed by atoms with E-state index in [1.807, 2.05) is 11.0 Å². The van der Waals surface area contributed by atoms with Gasteiger partial charge in [0.1, 0.15) is 11.5 Å². The van der Waals surface area contributed by atoms with Gasteiger partial charge in [-0.3, -0.25) is 4.79 Å². The van der Waals surface area contributed by atoms with Crippen molar-refractivity contribution in [1.82, 2.24) is 15.2 Å². The first-order chi connectivity index (χ1) is 11.2. The molecule has 2 aromatic rings. The van der Waals surface area contributed by atoms with E-state index in [1.165, 1.54) is 17.4 Å². The number of nitrogens with zero attached hydrogens (tertiary/aromatic N) is 2. The first-order valence-electron chi connectivity index (χ1n) is 7.88. The Bertz CT molecular complexity index is 720. The van der Waals surface area contributed by atoms with Gasteiger partial charge in [0.05, 0.1) is 5.01 Å². The highest BCUT2D eigenvalue weighted by Crippen LogP contribution is 2.28. The van der Waals surface area contributed by atoms with E-state index < -0.39 is 0 Å². The Balaban J connectivity index is 1.45. The summed E-state index contributed by atoms with van der Waals surface area (Å²) in [5, 5.41) is 5.95. The van der Waals surface area contributed by atoms with Gasteiger partial charge in [0.15, 0.2) is 0 Å². The Hall–Kier alpha value is -1.79. The number of hydrogen-bond acceptors (Lipinski definition) is 4. The van der Waals surface area contributed by atoms with Crippen LogP contribution < -0.4 is 5.32 Å². The minimum absolute atomic E-state index is 0.00966. The smallest absolute Gasteiger partial charge is 0.273 e. The molecule has 1 aromatic heterocycles. The predicted molar refractivity (Wildman–Crippen MR) is 87.1 cm³/mol. The number of nitrogens with one attached hydrogen (secondary N) is 1. The zero-order valence-electron chi connectivity index (χ0n) is 12.7. The third-order valence-electron chi connectivity index (χ3n) is 4.75. The van der Waals surface area contributed by atoms with Crippen molar-refractivity contribution in [3.63, 3.8) is 0 Å². The number of thiazole rings is 1. The topological polar surface area (TPSA) is 45.2 Å². The van der Waals surface area contributed by atoms with E-state index in [1.54, 1.807) is 17.5 Å². The van der Waals surface area contributed by atoms with E-state index in [-0.39, 0.29) is 11.7 Å². The lowest BCUT2D eigenvalue weighted by molar-refractivity contribution is 0.0776. The second-order valence-corrected chi connectivity index (χ2v) is 7.23. The highest BCUT2D eigenvalue weighted by molar-refractivity contribution is 7.09. The van der Waals surface area contributed by atoms with Crippen LogP contribution in [0.15, 0.2) is 29.6 Å². The Labute approximate surface area is 138 Å². The van der Waals surface area contributed by atoms with Gasteiger partial charge in [-0.05, 0) is 23.5 Å². The third kappa shape index (κ3) is 2.88. The molecule has 1 amide bonds. The van der Waals surface area contributed by atoms with Crippen LogP contribution in [0.3, 0.4) is 0 Å². The number of fused-ring (bicyclic) bond motifs is 1. The second-order valence-electron chi connectivity index (χ2n) is 6.28. The molecule has 4 nitrogen and oxygen atoms in total. The quantitative estimate of drug-likeness (QED) is 0.937. The number of amides is 1. The first-order valence-corrected chi connectivity index (χ1v) is 8.76. The normalized spacial score (nSPS) is 23.3. The molecule has 23 heavy (non-hydrogen) atoms. The fourth-order valence-corrected chi connectivity index (χ4v) is 4.27. The van der Waals surface area contributed by atoms with E-state index in [0.717, 1.165) is 31.2 Å². The van der Waals surface area contributed by atoms with Crippen molar-refractivity contribution < 1.29 is 9.18 Å². The third-order valence-corrected chi connectivity index (χ3v) is 5.60. The van der Waals surface area contributed by atoms with Gasteiger partial charge in [-0.15, -0.1) is 11.3 Å². The standard InChI is InChI=1S/C17H18FN3OS/c18-14-4-2-1-3-11(14)5-16-20-15(10-23-16)17(22)21-8-12-6-19-7-13(12)9-21/h1-4,10,12-13,19H,5-9H2/t12-,13+. The number of hydrogen-bond donors (Lipinski definition) is 1. The van der Waals surface area contributed by atoms with Crippen molar-refractivity contribution in [2.45, 2.75) is 6.42 Å². The molecule has 120 valence electrons. The monoisotopic (exact) mass is 331 g/mol. The molecule has 0 spiro atoms. The van der Waals surface area contributed by atoms with Crippen LogP contribution in [0.2, 0.25) is 0 Å². The van der Waals surface area contributed by atoms with E-state index in [4.69, 9.17) is 0 Å². The summed E-state index contributed by atoms with van der Waals surface area (Å²) in [5.74, 6) is 0.941. The molecule has 1 aromatic carbocycles. The molecule has 6 heteroatoms. The number of aromatic nitrogens is 1. The minimum Gasteiger partial charge on any atom is -0.337 e. The molecule has 0 bridgehead atoms. The van der Waals surface area contributed by atoms with Crippen LogP contribution in [0.5, 0.6) is 0 Å². The maximum absolute atomic E-state index is 13.7. The van der Waals surface area contributed by atoms with Crippen molar-refractivity contribution in [2.75, 3.05) is 26.2 Å². The molecule has 2 aliphatic heterocycles. The molecule has 4 rings (SSSR count). The molecule has 3 heterocycles. The summed E-state index contributed by atoms with van der Waals surface area (Å²) < 4.78 is 13.7. The van der Waals surface area contributed by atoms with Crippen LogP contribution in [-0.2, 0) is 6.42 Å². The van der Waals surface area contributed by atoms with E-state index in [2.05, 4.69) is 10.3 Å². The molecule has 0 saturated carbocycles. The molecule has 0 aliphatic carbocycles. The van der Waals surface area contributed by atoms with E-state index >= 15 is 0 Å². The molecule has 2 atom stereocenters. The van der Waals surface area contributed by atoms with Gasteiger partial charge in [0, 0.05) is 38.0 Å². The lowest BCUT2D eigenvalue weighted by Gasteiger charge is -2.15. The van der Waals surface area contributed by atoms with Crippen molar-refractivity contribution >= 4 is 17.2 Å². The highest BCUT2D eigenvalue weighted by atomic mass is 32.1. The van der Waals surface area contributed by atoms with Gasteiger partial charge in [0.2, 0.25) is 0 Å². The van der Waals surface area contributed by atoms with Crippen LogP contribution in [0.25, 0.3) is 0 Å². The van der Waals surface area contributed by atoms with Crippen LogP contribution in [0.4, 0.5) is 4.39 Å². The molecule has 2 aliphatic rings. The van der Waals surface area contributed by atoms with Crippen LogP contribution in [0, 0.1) is 17.7 Å². The average molecular weight is 331 g/mol. The van der Waals surface area contributed by atoms with Gasteiger partial charge < -0.3 is 10.2 Å². The van der Waals surface area contributed by atoms with E-state index in [9.17, 15) is 9.18 Å². The van der Waals surface area contributed by atoms with Gasteiger partial charge in [0.25, 0.3) is 5.91 Å². The number of carbonyl (C=O) groups excluding carboxylic acids is 1. The summed E-state index contributed by atoms with van der Waals surface area (Å²) in [5.41, 5.74) is 1.11. The summed E-state index contributed by atoms with van der Waals surface area (Å²) >= 11 is 1.42. The Morgan fingerprint density at radius 3 is 2.78 bits per heavy atom. The van der Waals surface area contributed by atoms with Crippen molar-refractivity contribution in [3.05, 3.63) is 51.7 Å². The minimum atomic E-state index is -0.226. The van der Waals surface area contributed by atoms with Crippen LogP contribution in [-0.4, -0.2) is 42.0 Å². The SMILES string of the molecule is O=C(c1csc(Cc2ccccc2F)n1)N1C[C@H]2CNC[C@H]2C1. The summed E-state index contributed by atoms with van der Waals surface area (Å²) in [6, 6.07) is 6.70.